The standard InChI is InChI=1S/C19H15ClF3NO3/c1-2-18(25)24-16-7-8-26-17-10-12(3-5-13(16)17)27-11-4-6-15(20)14(9-11)19(21,22)23/h2-6,9-10,16H,1,7-8H2,(H,24,25). The first kappa shape index (κ1) is 19.1. The van der Waals surface area contributed by atoms with E-state index in [0.29, 0.717) is 24.5 Å². The number of ether oxygens (including phenoxy) is 2. The van der Waals surface area contributed by atoms with Gasteiger partial charge in [-0.15, -0.1) is 0 Å². The zero-order chi connectivity index (χ0) is 19.6. The first-order valence-electron chi connectivity index (χ1n) is 8.02. The normalized spacial score (nSPS) is 16.1. The van der Waals surface area contributed by atoms with E-state index in [4.69, 9.17) is 21.1 Å². The third-order valence-corrected chi connectivity index (χ3v) is 4.33. The Morgan fingerprint density at radius 2 is 1.96 bits per heavy atom. The molecule has 0 spiro atoms. The van der Waals surface area contributed by atoms with Crippen LogP contribution in [0.4, 0.5) is 13.2 Å². The molecule has 0 bridgehead atoms. The van der Waals surface area contributed by atoms with Gasteiger partial charge in [0.05, 0.1) is 23.2 Å². The highest BCUT2D eigenvalue weighted by atomic mass is 35.5. The van der Waals surface area contributed by atoms with Crippen LogP contribution in [-0.2, 0) is 11.0 Å². The number of carbonyl (C=O) groups excluding carboxylic acids is 1. The Kier molecular flexibility index (Phi) is 5.32. The summed E-state index contributed by atoms with van der Waals surface area (Å²) in [7, 11) is 0. The molecule has 0 fully saturated rings. The van der Waals surface area contributed by atoms with Gasteiger partial charge in [-0.1, -0.05) is 18.2 Å². The molecule has 8 heteroatoms. The van der Waals surface area contributed by atoms with Gasteiger partial charge in [-0.3, -0.25) is 4.79 Å². The molecular weight excluding hydrogens is 383 g/mol. The summed E-state index contributed by atoms with van der Waals surface area (Å²) >= 11 is 5.61. The molecule has 2 aromatic carbocycles. The lowest BCUT2D eigenvalue weighted by molar-refractivity contribution is -0.137. The van der Waals surface area contributed by atoms with Crippen molar-refractivity contribution in [3.8, 4) is 17.2 Å². The van der Waals surface area contributed by atoms with E-state index in [1.807, 2.05) is 0 Å². The summed E-state index contributed by atoms with van der Waals surface area (Å²) in [6, 6.07) is 7.97. The average Bonchev–Trinajstić information content (AvgIpc) is 2.62. The van der Waals surface area contributed by atoms with Gasteiger partial charge in [0.25, 0.3) is 0 Å². The molecule has 1 unspecified atom stereocenters. The summed E-state index contributed by atoms with van der Waals surface area (Å²) < 4.78 is 50.0. The molecule has 27 heavy (non-hydrogen) atoms. The summed E-state index contributed by atoms with van der Waals surface area (Å²) in [5.74, 6) is 0.506. The minimum Gasteiger partial charge on any atom is -0.493 e. The first-order chi connectivity index (χ1) is 12.8. The van der Waals surface area contributed by atoms with Gasteiger partial charge in [-0.25, -0.2) is 0 Å². The molecule has 3 rings (SSSR count). The molecule has 0 aliphatic carbocycles. The molecule has 1 aliphatic rings. The predicted molar refractivity (Wildman–Crippen MR) is 94.2 cm³/mol. The topological polar surface area (TPSA) is 47.6 Å². The van der Waals surface area contributed by atoms with E-state index in [9.17, 15) is 18.0 Å². The van der Waals surface area contributed by atoms with E-state index in [-0.39, 0.29) is 17.7 Å². The van der Waals surface area contributed by atoms with Gasteiger partial charge in [-0.05, 0) is 36.4 Å². The molecule has 0 saturated heterocycles. The van der Waals surface area contributed by atoms with E-state index < -0.39 is 16.8 Å². The third-order valence-electron chi connectivity index (χ3n) is 4.01. The summed E-state index contributed by atoms with van der Waals surface area (Å²) in [6.45, 7) is 3.81. The lowest BCUT2D eigenvalue weighted by atomic mass is 10.0. The minimum absolute atomic E-state index is 0.000931. The zero-order valence-corrected chi connectivity index (χ0v) is 14.7. The van der Waals surface area contributed by atoms with Crippen molar-refractivity contribution < 1.29 is 27.4 Å². The number of carbonyl (C=O) groups is 1. The predicted octanol–water partition coefficient (Wildman–Crippen LogP) is 5.28. The molecule has 0 radical (unpaired) electrons. The molecule has 2 aromatic rings. The lowest BCUT2D eigenvalue weighted by Gasteiger charge is -2.26. The van der Waals surface area contributed by atoms with E-state index in [1.165, 1.54) is 12.1 Å². The number of benzene rings is 2. The van der Waals surface area contributed by atoms with Crippen molar-refractivity contribution >= 4 is 17.5 Å². The van der Waals surface area contributed by atoms with Gasteiger partial charge in [0, 0.05) is 18.1 Å². The van der Waals surface area contributed by atoms with Gasteiger partial charge in [-0.2, -0.15) is 13.2 Å². The number of amides is 1. The fraction of sp³-hybridized carbons (Fsp3) is 0.211. The molecule has 4 nitrogen and oxygen atoms in total. The van der Waals surface area contributed by atoms with Crippen LogP contribution < -0.4 is 14.8 Å². The van der Waals surface area contributed by atoms with E-state index in [0.717, 1.165) is 17.7 Å². The summed E-state index contributed by atoms with van der Waals surface area (Å²) in [5, 5.41) is 2.41. The van der Waals surface area contributed by atoms with Crippen molar-refractivity contribution in [1.29, 1.82) is 0 Å². The minimum atomic E-state index is -4.58. The van der Waals surface area contributed by atoms with E-state index in [2.05, 4.69) is 11.9 Å². The number of hydrogen-bond donors (Lipinski definition) is 1. The van der Waals surface area contributed by atoms with Crippen molar-refractivity contribution in [1.82, 2.24) is 5.32 Å². The van der Waals surface area contributed by atoms with Crippen LogP contribution in [0.25, 0.3) is 0 Å². The van der Waals surface area contributed by atoms with Crippen molar-refractivity contribution in [3.05, 3.63) is 65.2 Å². The summed E-state index contributed by atoms with van der Waals surface area (Å²) in [4.78, 5) is 11.5. The van der Waals surface area contributed by atoms with Crippen molar-refractivity contribution in [2.45, 2.75) is 18.6 Å². The fourth-order valence-corrected chi connectivity index (χ4v) is 2.96. The molecule has 0 aromatic heterocycles. The quantitative estimate of drug-likeness (QED) is 0.714. The average molecular weight is 398 g/mol. The van der Waals surface area contributed by atoms with Crippen LogP contribution in [0.15, 0.2) is 49.1 Å². The number of hydrogen-bond acceptors (Lipinski definition) is 3. The van der Waals surface area contributed by atoms with Crippen LogP contribution in [-0.4, -0.2) is 12.5 Å². The smallest absolute Gasteiger partial charge is 0.417 e. The first-order valence-corrected chi connectivity index (χ1v) is 8.40. The number of nitrogens with one attached hydrogen (secondary N) is 1. The fourth-order valence-electron chi connectivity index (χ4n) is 2.74. The highest BCUT2D eigenvalue weighted by molar-refractivity contribution is 6.31. The Labute approximate surface area is 158 Å². The molecule has 1 heterocycles. The van der Waals surface area contributed by atoms with Crippen LogP contribution in [0.5, 0.6) is 17.2 Å². The number of fused-ring (bicyclic) bond motifs is 1. The molecule has 142 valence electrons. The lowest BCUT2D eigenvalue weighted by Crippen LogP contribution is -2.30. The Morgan fingerprint density at radius 1 is 1.26 bits per heavy atom. The van der Waals surface area contributed by atoms with Crippen LogP contribution in [0.1, 0.15) is 23.6 Å². The highest BCUT2D eigenvalue weighted by Gasteiger charge is 2.33. The Morgan fingerprint density at radius 3 is 2.67 bits per heavy atom. The van der Waals surface area contributed by atoms with Gasteiger partial charge in [0.2, 0.25) is 5.91 Å². The van der Waals surface area contributed by atoms with Gasteiger partial charge in [0.1, 0.15) is 17.2 Å². The van der Waals surface area contributed by atoms with Crippen LogP contribution in [0, 0.1) is 0 Å². The van der Waals surface area contributed by atoms with Crippen molar-refractivity contribution in [2.75, 3.05) is 6.61 Å². The van der Waals surface area contributed by atoms with Gasteiger partial charge >= 0.3 is 6.18 Å². The monoisotopic (exact) mass is 397 g/mol. The van der Waals surface area contributed by atoms with Crippen LogP contribution in [0.3, 0.4) is 0 Å². The second-order valence-electron chi connectivity index (χ2n) is 5.84. The summed E-state index contributed by atoms with van der Waals surface area (Å²) in [5.41, 5.74) is -0.209. The molecule has 1 atom stereocenters. The van der Waals surface area contributed by atoms with E-state index in [1.54, 1.807) is 18.2 Å². The Hall–Kier alpha value is -2.67. The Bertz CT molecular complexity index is 883. The maximum absolute atomic E-state index is 13.0. The second-order valence-corrected chi connectivity index (χ2v) is 6.25. The number of alkyl halides is 3. The van der Waals surface area contributed by atoms with Crippen LogP contribution >= 0.6 is 11.6 Å². The Balaban J connectivity index is 1.84. The van der Waals surface area contributed by atoms with Crippen molar-refractivity contribution in [2.24, 2.45) is 0 Å². The van der Waals surface area contributed by atoms with Gasteiger partial charge in [0.15, 0.2) is 0 Å². The summed E-state index contributed by atoms with van der Waals surface area (Å²) in [6.07, 6.45) is -2.80. The number of halogens is 4. The van der Waals surface area contributed by atoms with Crippen LogP contribution in [0.2, 0.25) is 5.02 Å². The largest absolute Gasteiger partial charge is 0.493 e. The second kappa shape index (κ2) is 7.52. The number of rotatable bonds is 4. The maximum atomic E-state index is 13.0. The maximum Gasteiger partial charge on any atom is 0.417 e. The third kappa shape index (κ3) is 4.36. The van der Waals surface area contributed by atoms with E-state index >= 15 is 0 Å². The zero-order valence-electron chi connectivity index (χ0n) is 14.0. The molecule has 1 aliphatic heterocycles. The molecular formula is C19H15ClF3NO3. The molecule has 1 N–H and O–H groups in total. The van der Waals surface area contributed by atoms with Gasteiger partial charge < -0.3 is 14.8 Å². The SMILES string of the molecule is C=CC(=O)NC1CCOc2cc(Oc3ccc(Cl)c(C(F)(F)F)c3)ccc21. The molecule has 1 amide bonds. The van der Waals surface area contributed by atoms with Crippen molar-refractivity contribution in [3.63, 3.8) is 0 Å². The highest BCUT2D eigenvalue weighted by Crippen LogP contribution is 2.39. The molecule has 0 saturated carbocycles.